The Hall–Kier alpha value is -1.94. The molecule has 0 saturated heterocycles. The van der Waals surface area contributed by atoms with Crippen molar-refractivity contribution in [3.05, 3.63) is 0 Å². The van der Waals surface area contributed by atoms with Crippen LogP contribution in [-0.4, -0.2) is 96.7 Å². The maximum atomic E-state index is 13.1. The number of carbonyl (C=O) groups is 4. The van der Waals surface area contributed by atoms with Crippen molar-refractivity contribution in [1.82, 2.24) is 0 Å². The van der Waals surface area contributed by atoms with Crippen LogP contribution in [0, 0.1) is 23.7 Å². The van der Waals surface area contributed by atoms with Gasteiger partial charge in [-0.3, -0.25) is 37.3 Å². The summed E-state index contributed by atoms with van der Waals surface area (Å²) >= 11 is 0. The highest BCUT2D eigenvalue weighted by molar-refractivity contribution is 7.47. The monoisotopic (exact) mass is 1470 g/mol. The van der Waals surface area contributed by atoms with Crippen LogP contribution in [0.2, 0.25) is 0 Å². The molecule has 7 atom stereocenters. The highest BCUT2D eigenvalue weighted by atomic mass is 31.2. The van der Waals surface area contributed by atoms with Crippen LogP contribution in [-0.2, 0) is 65.4 Å². The summed E-state index contributed by atoms with van der Waals surface area (Å²) in [6, 6.07) is 0. The van der Waals surface area contributed by atoms with E-state index in [0.717, 1.165) is 114 Å². The van der Waals surface area contributed by atoms with Crippen molar-refractivity contribution in [2.45, 2.75) is 433 Å². The summed E-state index contributed by atoms with van der Waals surface area (Å²) in [5.41, 5.74) is 0. The smallest absolute Gasteiger partial charge is 0.462 e. The first-order valence-electron chi connectivity index (χ1n) is 41.8. The van der Waals surface area contributed by atoms with Gasteiger partial charge in [-0.25, -0.2) is 9.13 Å². The number of rotatable bonds is 78. The third-order valence-corrected chi connectivity index (χ3v) is 21.4. The zero-order valence-electron chi connectivity index (χ0n) is 65.8. The molecule has 0 saturated carbocycles. The lowest BCUT2D eigenvalue weighted by atomic mass is 9.99. The van der Waals surface area contributed by atoms with Crippen molar-refractivity contribution >= 4 is 39.5 Å². The highest BCUT2D eigenvalue weighted by Crippen LogP contribution is 2.45. The Morgan fingerprint density at radius 1 is 0.280 bits per heavy atom. The van der Waals surface area contributed by atoms with Crippen LogP contribution in [0.25, 0.3) is 0 Å². The van der Waals surface area contributed by atoms with Crippen molar-refractivity contribution in [2.24, 2.45) is 23.7 Å². The third-order valence-electron chi connectivity index (χ3n) is 19.5. The molecule has 4 unspecified atom stereocenters. The van der Waals surface area contributed by atoms with Gasteiger partial charge in [-0.1, -0.05) is 364 Å². The van der Waals surface area contributed by atoms with Crippen LogP contribution in [0.3, 0.4) is 0 Å². The highest BCUT2D eigenvalue weighted by Gasteiger charge is 2.30. The molecule has 594 valence electrons. The molecule has 0 fully saturated rings. The molecule has 0 aliphatic rings. The van der Waals surface area contributed by atoms with E-state index in [1.165, 1.54) is 218 Å². The van der Waals surface area contributed by atoms with E-state index in [1.807, 2.05) is 0 Å². The number of aliphatic hydroxyl groups is 1. The Labute approximate surface area is 613 Å². The molecule has 0 aromatic carbocycles. The molecule has 3 N–H and O–H groups in total. The summed E-state index contributed by atoms with van der Waals surface area (Å²) in [5.74, 6) is 1.08. The van der Waals surface area contributed by atoms with Crippen LogP contribution >= 0.6 is 15.6 Å². The number of ether oxygens (including phenoxy) is 4. The van der Waals surface area contributed by atoms with Gasteiger partial charge in [-0.15, -0.1) is 0 Å². The average Bonchev–Trinajstić information content (AvgIpc) is 0.966. The fourth-order valence-corrected chi connectivity index (χ4v) is 13.9. The van der Waals surface area contributed by atoms with Gasteiger partial charge >= 0.3 is 39.5 Å². The molecule has 0 spiro atoms. The van der Waals surface area contributed by atoms with Crippen LogP contribution in [0.15, 0.2) is 0 Å². The number of hydrogen-bond donors (Lipinski definition) is 3. The standard InChI is InChI=1S/C81H158O17P2/c1-9-73(7)59-51-43-35-27-18-13-11-12-14-20-31-39-47-55-63-80(85)97-76(67-91-78(83)61-53-45-37-29-19-16-15-17-25-33-41-49-57-71(3)4)69-95-99(87,88)93-65-75(82)66-94-100(89,90)96-70-77(68-92-79(84)62-54-46-38-30-23-21-26-34-42-50-58-72(5)6)98-81(86)64-56-48-40-32-24-22-28-36-44-52-60-74(8)10-2/h71-77,82H,9-70H2,1-8H3,(H,87,88)(H,89,90)/t73?,74?,75-,76-,77-/m1/s1. The second kappa shape index (κ2) is 70.1. The minimum atomic E-state index is -4.96. The second-order valence-electron chi connectivity index (χ2n) is 30.6. The summed E-state index contributed by atoms with van der Waals surface area (Å²) in [6.45, 7) is 14.3. The Morgan fingerprint density at radius 3 is 0.710 bits per heavy atom. The number of aliphatic hydroxyl groups excluding tert-OH is 1. The van der Waals surface area contributed by atoms with Crippen LogP contribution in [0.1, 0.15) is 415 Å². The molecule has 0 radical (unpaired) electrons. The van der Waals surface area contributed by atoms with E-state index >= 15 is 0 Å². The number of unbranched alkanes of at least 4 members (excludes halogenated alkanes) is 42. The molecule has 0 aliphatic carbocycles. The zero-order chi connectivity index (χ0) is 73.8. The lowest BCUT2D eigenvalue weighted by Crippen LogP contribution is -2.30. The number of phosphoric ester groups is 2. The van der Waals surface area contributed by atoms with E-state index in [-0.39, 0.29) is 25.7 Å². The number of hydrogen-bond acceptors (Lipinski definition) is 15. The Balaban J connectivity index is 5.28. The normalized spacial score (nSPS) is 14.6. The fourth-order valence-electron chi connectivity index (χ4n) is 12.4. The van der Waals surface area contributed by atoms with E-state index in [0.29, 0.717) is 25.7 Å². The second-order valence-corrected chi connectivity index (χ2v) is 33.5. The van der Waals surface area contributed by atoms with Crippen LogP contribution < -0.4 is 0 Å². The Morgan fingerprint density at radius 2 is 0.480 bits per heavy atom. The van der Waals surface area contributed by atoms with Crippen molar-refractivity contribution in [3.63, 3.8) is 0 Å². The van der Waals surface area contributed by atoms with Gasteiger partial charge in [0, 0.05) is 25.7 Å². The quantitative estimate of drug-likeness (QED) is 0.0222. The predicted octanol–water partition coefficient (Wildman–Crippen LogP) is 24.0. The summed E-state index contributed by atoms with van der Waals surface area (Å²) in [6.07, 6.45) is 56.6. The van der Waals surface area contributed by atoms with Gasteiger partial charge in [0.1, 0.15) is 19.3 Å². The van der Waals surface area contributed by atoms with Crippen LogP contribution in [0.5, 0.6) is 0 Å². The Kier molecular flexibility index (Phi) is 68.7. The number of phosphoric acid groups is 2. The molecular weight excluding hydrogens is 1310 g/mol. The first-order chi connectivity index (χ1) is 48.2. The molecule has 17 nitrogen and oxygen atoms in total. The first kappa shape index (κ1) is 98.1. The van der Waals surface area contributed by atoms with E-state index in [4.69, 9.17) is 37.0 Å². The molecular formula is C81H158O17P2. The van der Waals surface area contributed by atoms with Gasteiger partial charge in [0.25, 0.3) is 0 Å². The molecule has 0 heterocycles. The zero-order valence-corrected chi connectivity index (χ0v) is 67.6. The van der Waals surface area contributed by atoms with E-state index in [2.05, 4.69) is 55.4 Å². The van der Waals surface area contributed by atoms with Gasteiger partial charge in [-0.2, -0.15) is 0 Å². The predicted molar refractivity (Wildman–Crippen MR) is 409 cm³/mol. The summed E-state index contributed by atoms with van der Waals surface area (Å²) in [4.78, 5) is 73.1. The number of carbonyl (C=O) groups excluding carboxylic acids is 4. The Bertz CT molecular complexity index is 1960. The van der Waals surface area contributed by atoms with Gasteiger partial charge in [-0.05, 0) is 49.4 Å². The maximum Gasteiger partial charge on any atom is 0.472 e. The largest absolute Gasteiger partial charge is 0.472 e. The minimum Gasteiger partial charge on any atom is -0.462 e. The molecule has 0 rings (SSSR count). The van der Waals surface area contributed by atoms with Gasteiger partial charge in [0.15, 0.2) is 12.2 Å². The van der Waals surface area contributed by atoms with Crippen LogP contribution in [0.4, 0.5) is 0 Å². The van der Waals surface area contributed by atoms with Gasteiger partial charge in [0.05, 0.1) is 26.4 Å². The van der Waals surface area contributed by atoms with Gasteiger partial charge in [0.2, 0.25) is 0 Å². The fraction of sp³-hybridized carbons (Fsp3) is 0.951. The topological polar surface area (TPSA) is 237 Å². The molecule has 0 aliphatic heterocycles. The molecule has 0 aromatic heterocycles. The number of esters is 4. The molecule has 0 amide bonds. The van der Waals surface area contributed by atoms with E-state index in [9.17, 15) is 43.2 Å². The van der Waals surface area contributed by atoms with Crippen molar-refractivity contribution < 1.29 is 80.2 Å². The molecule has 100 heavy (non-hydrogen) atoms. The van der Waals surface area contributed by atoms with Crippen molar-refractivity contribution in [2.75, 3.05) is 39.6 Å². The molecule has 0 bridgehead atoms. The lowest BCUT2D eigenvalue weighted by molar-refractivity contribution is -0.161. The average molecular weight is 1470 g/mol. The molecule has 0 aromatic rings. The third kappa shape index (κ3) is 71.7. The first-order valence-corrected chi connectivity index (χ1v) is 44.8. The van der Waals surface area contributed by atoms with E-state index in [1.54, 1.807) is 0 Å². The van der Waals surface area contributed by atoms with Crippen molar-refractivity contribution in [3.8, 4) is 0 Å². The minimum absolute atomic E-state index is 0.106. The lowest BCUT2D eigenvalue weighted by Gasteiger charge is -2.21. The molecule has 19 heteroatoms. The maximum absolute atomic E-state index is 13.1. The summed E-state index contributed by atoms with van der Waals surface area (Å²) < 4.78 is 68.8. The summed E-state index contributed by atoms with van der Waals surface area (Å²) in [7, 11) is -9.92. The SMILES string of the molecule is CCC(C)CCCCCCCCCCCCCCCCC(=O)O[C@H](COC(=O)CCCCCCCCCCCCCCC(C)C)COP(=O)(O)OC[C@@H](O)COP(=O)(O)OC[C@@H](COC(=O)CCCCCCCCCCCCC(C)C)OC(=O)CCCCCCCCCCCCC(C)CC. The van der Waals surface area contributed by atoms with Crippen molar-refractivity contribution in [1.29, 1.82) is 0 Å². The van der Waals surface area contributed by atoms with E-state index < -0.39 is 97.5 Å². The summed E-state index contributed by atoms with van der Waals surface area (Å²) in [5, 5.41) is 10.6. The van der Waals surface area contributed by atoms with Gasteiger partial charge < -0.3 is 33.8 Å².